The maximum Gasteiger partial charge on any atom is 0.308 e. The van der Waals surface area contributed by atoms with Gasteiger partial charge in [-0.15, -0.1) is 0 Å². The number of carbonyl (C=O) groups excluding carboxylic acids is 1. The van der Waals surface area contributed by atoms with Crippen molar-refractivity contribution in [2.45, 2.75) is 86.0 Å². The minimum atomic E-state index is -0.361. The zero-order chi connectivity index (χ0) is 29.1. The van der Waals surface area contributed by atoms with Crippen LogP contribution in [0.25, 0.3) is 44.7 Å². The van der Waals surface area contributed by atoms with Crippen molar-refractivity contribution < 1.29 is 9.53 Å². The number of rotatable bonds is 9. The second-order valence-electron chi connectivity index (χ2n) is 11.0. The van der Waals surface area contributed by atoms with Gasteiger partial charge in [0, 0.05) is 24.0 Å². The number of hydrogen-bond acceptors (Lipinski definition) is 4. The first-order valence-electron chi connectivity index (χ1n) is 15.0. The summed E-state index contributed by atoms with van der Waals surface area (Å²) in [6.07, 6.45) is 9.49. The Balaban J connectivity index is 1.99. The number of aromatic nitrogens is 4. The smallest absolute Gasteiger partial charge is 0.308 e. The van der Waals surface area contributed by atoms with Crippen LogP contribution in [0.3, 0.4) is 0 Å². The molecule has 1 aliphatic heterocycles. The highest BCUT2D eigenvalue weighted by Gasteiger charge is 2.16. The molecule has 0 aromatic carbocycles. The van der Waals surface area contributed by atoms with Gasteiger partial charge in [0.2, 0.25) is 0 Å². The monoisotopic (exact) mass is 551 g/mol. The van der Waals surface area contributed by atoms with E-state index in [-0.39, 0.29) is 5.97 Å². The molecule has 0 atom stereocenters. The molecule has 7 nitrogen and oxygen atoms in total. The molecule has 0 saturated heterocycles. The van der Waals surface area contributed by atoms with E-state index in [4.69, 9.17) is 15.1 Å². The van der Waals surface area contributed by atoms with Crippen molar-refractivity contribution in [3.63, 3.8) is 0 Å². The quantitative estimate of drug-likeness (QED) is 0.158. The number of aryl methyl sites for hydroxylation is 3. The maximum absolute atomic E-state index is 12.3. The summed E-state index contributed by atoms with van der Waals surface area (Å²) in [6, 6.07) is 10.4. The Labute approximate surface area is 241 Å². The van der Waals surface area contributed by atoms with Crippen molar-refractivity contribution >= 4 is 50.7 Å². The first kappa shape index (κ1) is 28.4. The van der Waals surface area contributed by atoms with Gasteiger partial charge in [-0.1, -0.05) is 53.4 Å². The lowest BCUT2D eigenvalue weighted by Crippen LogP contribution is -2.05. The molecule has 7 heteroatoms. The van der Waals surface area contributed by atoms with Crippen LogP contribution in [0.1, 0.15) is 94.8 Å². The zero-order valence-electron chi connectivity index (χ0n) is 24.9. The molecule has 0 aliphatic carbocycles. The van der Waals surface area contributed by atoms with Crippen molar-refractivity contribution in [3.05, 3.63) is 63.8 Å². The van der Waals surface area contributed by atoms with Crippen molar-refractivity contribution in [3.8, 4) is 5.75 Å². The van der Waals surface area contributed by atoms with Crippen molar-refractivity contribution in [1.82, 2.24) is 19.9 Å². The van der Waals surface area contributed by atoms with Crippen LogP contribution in [0.4, 0.5) is 0 Å². The van der Waals surface area contributed by atoms with Gasteiger partial charge in [0.1, 0.15) is 0 Å². The number of esters is 1. The number of H-pyrrole nitrogens is 3. The van der Waals surface area contributed by atoms with Gasteiger partial charge in [-0.3, -0.25) is 10.2 Å². The third-order valence-electron chi connectivity index (χ3n) is 7.58. The van der Waals surface area contributed by atoms with Crippen LogP contribution in [-0.4, -0.2) is 25.9 Å². The van der Waals surface area contributed by atoms with Crippen molar-refractivity contribution in [2.75, 3.05) is 0 Å². The van der Waals surface area contributed by atoms with Gasteiger partial charge >= 0.3 is 5.97 Å². The fraction of sp³-hybridized carbons (Fsp3) is 0.382. The Hall–Kier alpha value is -4.13. The lowest BCUT2D eigenvalue weighted by atomic mass is 10.1. The molecule has 41 heavy (non-hydrogen) atoms. The predicted molar refractivity (Wildman–Crippen MR) is 168 cm³/mol. The zero-order valence-corrected chi connectivity index (χ0v) is 24.9. The maximum atomic E-state index is 12.3. The fourth-order valence-corrected chi connectivity index (χ4v) is 5.79. The van der Waals surface area contributed by atoms with Crippen molar-refractivity contribution in [2.24, 2.45) is 0 Å². The Morgan fingerprint density at radius 1 is 0.732 bits per heavy atom. The summed E-state index contributed by atoms with van der Waals surface area (Å²) in [5.74, 6) is 0.141. The fourth-order valence-electron chi connectivity index (χ4n) is 5.79. The van der Waals surface area contributed by atoms with Crippen LogP contribution in [0, 0.1) is 5.41 Å². The molecule has 8 bridgehead atoms. The van der Waals surface area contributed by atoms with Crippen LogP contribution in [0.2, 0.25) is 0 Å². The second kappa shape index (κ2) is 12.2. The number of fused-ring (bicyclic) bond motifs is 10. The van der Waals surface area contributed by atoms with Crippen molar-refractivity contribution in [1.29, 1.82) is 5.41 Å². The van der Waals surface area contributed by atoms with Gasteiger partial charge in [0.05, 0.1) is 38.8 Å². The number of hydrogen-bond donors (Lipinski definition) is 4. The first-order chi connectivity index (χ1) is 19.8. The molecule has 4 N–H and O–H groups in total. The van der Waals surface area contributed by atoms with Gasteiger partial charge in [0.25, 0.3) is 0 Å². The van der Waals surface area contributed by atoms with E-state index in [0.717, 1.165) is 113 Å². The minimum absolute atomic E-state index is 0.361. The molecule has 5 rings (SSSR count). The molecule has 0 unspecified atom stereocenters. The molecule has 1 aliphatic rings. The van der Waals surface area contributed by atoms with E-state index in [9.17, 15) is 4.79 Å². The summed E-state index contributed by atoms with van der Waals surface area (Å²) in [5, 5.41) is 9.51. The normalized spacial score (nSPS) is 12.2. The molecule has 4 aromatic heterocycles. The molecule has 0 radical (unpaired) electrons. The predicted octanol–water partition coefficient (Wildman–Crippen LogP) is 8.13. The van der Waals surface area contributed by atoms with E-state index in [1.165, 1.54) is 12.5 Å². The SMILES string of the molecule is CCCC1=Cc2nc1c(=N)cc1[nH]c(cc1CCC)c1cc(CCC)c([nH]1)c(OC(C)=O)cc1[nH]c2cc1CCC. The molecule has 214 valence electrons. The molecular formula is C34H41N5O2. The Bertz CT molecular complexity index is 1820. The molecule has 0 amide bonds. The topological polar surface area (TPSA) is 110 Å². The van der Waals surface area contributed by atoms with Gasteiger partial charge in [-0.2, -0.15) is 0 Å². The summed E-state index contributed by atoms with van der Waals surface area (Å²) in [5.41, 5.74) is 11.5. The van der Waals surface area contributed by atoms with Crippen LogP contribution < -0.4 is 10.1 Å². The number of nitrogens with zero attached hydrogens (tertiary/aromatic N) is 1. The van der Waals surface area contributed by atoms with E-state index >= 15 is 0 Å². The Morgan fingerprint density at radius 2 is 1.29 bits per heavy atom. The summed E-state index contributed by atoms with van der Waals surface area (Å²) >= 11 is 0. The largest absolute Gasteiger partial charge is 0.424 e. The average molecular weight is 552 g/mol. The Kier molecular flexibility index (Phi) is 8.43. The highest BCUT2D eigenvalue weighted by molar-refractivity contribution is 5.90. The van der Waals surface area contributed by atoms with Gasteiger partial charge in [-0.05, 0) is 78.3 Å². The average Bonchev–Trinajstić information content (AvgIpc) is 3.70. The lowest BCUT2D eigenvalue weighted by molar-refractivity contribution is -0.131. The third kappa shape index (κ3) is 5.85. The first-order valence-corrected chi connectivity index (χ1v) is 15.0. The second-order valence-corrected chi connectivity index (χ2v) is 11.0. The van der Waals surface area contributed by atoms with E-state index in [0.29, 0.717) is 11.1 Å². The summed E-state index contributed by atoms with van der Waals surface area (Å²) in [6.45, 7) is 10.1. The molecule has 5 heterocycles. The standard InChI is InChI=1S/C34H41N5O2/c1-6-10-21-14-29-31-17-24(13-9-4)34(39-31)32(41-20(5)40)19-27-22(11-7-2)15-28(37-27)30-16-23(12-8-3)33(38-30)25(35)18-26(21)36-29/h14-19,35-37,39H,6-13H2,1-5H3. The summed E-state index contributed by atoms with van der Waals surface area (Å²) in [4.78, 5) is 28.1. The Morgan fingerprint density at radius 3 is 1.95 bits per heavy atom. The summed E-state index contributed by atoms with van der Waals surface area (Å²) < 4.78 is 5.88. The molecule has 0 spiro atoms. The van der Waals surface area contributed by atoms with Gasteiger partial charge in [-0.25, -0.2) is 4.98 Å². The lowest BCUT2D eigenvalue weighted by Gasteiger charge is -2.03. The molecule has 4 aromatic rings. The van der Waals surface area contributed by atoms with Crippen LogP contribution in [0.15, 0.2) is 30.3 Å². The summed E-state index contributed by atoms with van der Waals surface area (Å²) in [7, 11) is 0. The van der Waals surface area contributed by atoms with Gasteiger partial charge in [0.15, 0.2) is 5.75 Å². The van der Waals surface area contributed by atoms with E-state index in [1.54, 1.807) is 0 Å². The highest BCUT2D eigenvalue weighted by atomic mass is 16.5. The van der Waals surface area contributed by atoms with E-state index < -0.39 is 0 Å². The molecule has 0 saturated carbocycles. The minimum Gasteiger partial charge on any atom is -0.424 e. The van der Waals surface area contributed by atoms with Gasteiger partial charge < -0.3 is 19.7 Å². The highest BCUT2D eigenvalue weighted by Crippen LogP contribution is 2.31. The van der Waals surface area contributed by atoms with Crippen LogP contribution >= 0.6 is 0 Å². The number of ether oxygens (including phenoxy) is 1. The number of nitrogens with one attached hydrogen (secondary N) is 4. The van der Waals surface area contributed by atoms with E-state index in [1.807, 2.05) is 12.1 Å². The van der Waals surface area contributed by atoms with Crippen LogP contribution in [0.5, 0.6) is 5.75 Å². The molecule has 0 fully saturated rings. The third-order valence-corrected chi connectivity index (χ3v) is 7.58. The van der Waals surface area contributed by atoms with E-state index in [2.05, 4.69) is 66.9 Å². The molecular weight excluding hydrogens is 510 g/mol. The number of carbonyl (C=O) groups is 1. The van der Waals surface area contributed by atoms with Crippen LogP contribution in [-0.2, 0) is 24.1 Å². The number of aromatic amines is 3. The number of allylic oxidation sites excluding steroid dienone is 1.